The summed E-state index contributed by atoms with van der Waals surface area (Å²) in [5, 5.41) is 18.9. The zero-order valence-corrected chi connectivity index (χ0v) is 12.9. The molecule has 2 aromatic rings. The van der Waals surface area contributed by atoms with Crippen molar-refractivity contribution in [3.8, 4) is 24.2 Å². The number of hydrogen-bond donors (Lipinski definition) is 1. The van der Waals surface area contributed by atoms with E-state index in [0.29, 0.717) is 17.9 Å². The Labute approximate surface area is 136 Å². The van der Waals surface area contributed by atoms with E-state index in [-0.39, 0.29) is 6.61 Å². The lowest BCUT2D eigenvalue weighted by atomic mass is 10.2. The second-order valence-corrected chi connectivity index (χ2v) is 5.18. The van der Waals surface area contributed by atoms with Crippen LogP contribution in [-0.2, 0) is 0 Å². The molecule has 2 aromatic carbocycles. The molecule has 0 bridgehead atoms. The average Bonchev–Trinajstić information content (AvgIpc) is 2.60. The fraction of sp³-hybridized carbons (Fsp3) is 0.211. The minimum Gasteiger partial charge on any atom is -0.491 e. The highest BCUT2D eigenvalue weighted by Crippen LogP contribution is 2.15. The number of rotatable bonds is 6. The summed E-state index contributed by atoms with van der Waals surface area (Å²) in [7, 11) is 1.89. The summed E-state index contributed by atoms with van der Waals surface area (Å²) in [5.74, 6) is 3.22. The van der Waals surface area contributed by atoms with E-state index in [1.165, 1.54) is 0 Å². The number of aliphatic hydroxyl groups excluding tert-OH is 1. The van der Waals surface area contributed by atoms with Crippen molar-refractivity contribution in [2.45, 2.75) is 6.10 Å². The van der Waals surface area contributed by atoms with Crippen LogP contribution in [0.3, 0.4) is 0 Å². The maximum absolute atomic E-state index is 10.1. The molecule has 0 fully saturated rings. The van der Waals surface area contributed by atoms with Gasteiger partial charge in [0, 0.05) is 24.8 Å². The molecule has 0 aromatic heterocycles. The molecule has 4 nitrogen and oxygen atoms in total. The molecule has 0 saturated carbocycles. The minimum absolute atomic E-state index is 0.172. The number of terminal acetylenes is 1. The predicted octanol–water partition coefficient (Wildman–Crippen LogP) is 2.42. The Bertz CT molecular complexity index is 726. The van der Waals surface area contributed by atoms with Gasteiger partial charge in [-0.15, -0.1) is 6.42 Å². The van der Waals surface area contributed by atoms with Crippen LogP contribution in [0.15, 0.2) is 48.5 Å². The molecule has 0 aliphatic heterocycles. The van der Waals surface area contributed by atoms with Gasteiger partial charge in [-0.2, -0.15) is 5.26 Å². The van der Waals surface area contributed by atoms with Crippen LogP contribution in [-0.4, -0.2) is 31.4 Å². The normalized spacial score (nSPS) is 11.1. The first-order chi connectivity index (χ1) is 11.1. The minimum atomic E-state index is -0.648. The van der Waals surface area contributed by atoms with Gasteiger partial charge in [-0.3, -0.25) is 0 Å². The molecule has 0 amide bonds. The molecule has 0 aliphatic carbocycles. The Hall–Kier alpha value is -2.95. The second kappa shape index (κ2) is 7.89. The summed E-state index contributed by atoms with van der Waals surface area (Å²) in [6.45, 7) is 0.593. The van der Waals surface area contributed by atoms with E-state index in [4.69, 9.17) is 16.4 Å². The topological polar surface area (TPSA) is 56.5 Å². The number of ether oxygens (including phenoxy) is 1. The van der Waals surface area contributed by atoms with Crippen LogP contribution in [0.1, 0.15) is 11.1 Å². The number of nitriles is 1. The number of benzene rings is 2. The van der Waals surface area contributed by atoms with Crippen LogP contribution in [0, 0.1) is 23.7 Å². The lowest BCUT2D eigenvalue weighted by Gasteiger charge is -2.23. The summed E-state index contributed by atoms with van der Waals surface area (Å²) >= 11 is 0. The molecule has 0 aliphatic rings. The Morgan fingerprint density at radius 3 is 2.61 bits per heavy atom. The third kappa shape index (κ3) is 4.78. The van der Waals surface area contributed by atoms with Crippen molar-refractivity contribution in [1.29, 1.82) is 5.26 Å². The van der Waals surface area contributed by atoms with Gasteiger partial charge in [0.1, 0.15) is 18.5 Å². The Balaban J connectivity index is 1.87. The van der Waals surface area contributed by atoms with Crippen molar-refractivity contribution in [2.75, 3.05) is 25.1 Å². The zero-order valence-electron chi connectivity index (χ0n) is 12.9. The SMILES string of the molecule is C#Cc1cccc(N(C)CC(O)COc2ccc(C#N)cc2)c1. The average molecular weight is 306 g/mol. The summed E-state index contributed by atoms with van der Waals surface area (Å²) in [4.78, 5) is 1.92. The predicted molar refractivity (Wildman–Crippen MR) is 90.3 cm³/mol. The molecule has 4 heteroatoms. The van der Waals surface area contributed by atoms with E-state index >= 15 is 0 Å². The first kappa shape index (κ1) is 16.4. The number of hydrogen-bond acceptors (Lipinski definition) is 4. The van der Waals surface area contributed by atoms with Crippen molar-refractivity contribution in [2.24, 2.45) is 0 Å². The smallest absolute Gasteiger partial charge is 0.119 e. The summed E-state index contributed by atoms with van der Waals surface area (Å²) < 4.78 is 5.53. The van der Waals surface area contributed by atoms with Crippen LogP contribution >= 0.6 is 0 Å². The molecule has 1 N–H and O–H groups in total. The lowest BCUT2D eigenvalue weighted by Crippen LogP contribution is -2.33. The van der Waals surface area contributed by atoms with Gasteiger partial charge in [-0.1, -0.05) is 12.0 Å². The molecule has 0 radical (unpaired) electrons. The molecule has 116 valence electrons. The van der Waals surface area contributed by atoms with E-state index in [2.05, 4.69) is 5.92 Å². The summed E-state index contributed by atoms with van der Waals surface area (Å²) in [6.07, 6.45) is 4.75. The first-order valence-electron chi connectivity index (χ1n) is 7.21. The van der Waals surface area contributed by atoms with Crippen molar-refractivity contribution in [3.63, 3.8) is 0 Å². The highest BCUT2D eigenvalue weighted by atomic mass is 16.5. The van der Waals surface area contributed by atoms with E-state index in [9.17, 15) is 5.11 Å². The van der Waals surface area contributed by atoms with Gasteiger partial charge in [0.05, 0.1) is 11.6 Å². The maximum atomic E-state index is 10.1. The molecule has 0 saturated heterocycles. The number of anilines is 1. The monoisotopic (exact) mass is 306 g/mol. The molecule has 1 unspecified atom stereocenters. The van der Waals surface area contributed by atoms with Crippen LogP contribution in [0.4, 0.5) is 5.69 Å². The van der Waals surface area contributed by atoms with E-state index in [1.807, 2.05) is 42.3 Å². The first-order valence-corrected chi connectivity index (χ1v) is 7.21. The molecule has 1 atom stereocenters. The van der Waals surface area contributed by atoms with Gasteiger partial charge in [0.15, 0.2) is 0 Å². The van der Waals surface area contributed by atoms with Crippen LogP contribution in [0.2, 0.25) is 0 Å². The van der Waals surface area contributed by atoms with E-state index in [1.54, 1.807) is 24.3 Å². The Morgan fingerprint density at radius 2 is 1.96 bits per heavy atom. The van der Waals surface area contributed by atoms with Crippen molar-refractivity contribution in [1.82, 2.24) is 0 Å². The number of likely N-dealkylation sites (N-methyl/N-ethyl adjacent to an activating group) is 1. The molecular formula is C19H18N2O2. The van der Waals surface area contributed by atoms with Crippen molar-refractivity contribution >= 4 is 5.69 Å². The van der Waals surface area contributed by atoms with Crippen molar-refractivity contribution < 1.29 is 9.84 Å². The highest BCUT2D eigenvalue weighted by molar-refractivity contribution is 5.51. The molecule has 0 heterocycles. The highest BCUT2D eigenvalue weighted by Gasteiger charge is 2.10. The number of aliphatic hydroxyl groups is 1. The Morgan fingerprint density at radius 1 is 1.22 bits per heavy atom. The van der Waals surface area contributed by atoms with Gasteiger partial charge in [0.25, 0.3) is 0 Å². The Kier molecular flexibility index (Phi) is 5.63. The van der Waals surface area contributed by atoms with Gasteiger partial charge in [0.2, 0.25) is 0 Å². The van der Waals surface area contributed by atoms with Gasteiger partial charge >= 0.3 is 0 Å². The van der Waals surface area contributed by atoms with Crippen LogP contribution in [0.5, 0.6) is 5.75 Å². The molecule has 2 rings (SSSR count). The maximum Gasteiger partial charge on any atom is 0.119 e. The third-order valence-electron chi connectivity index (χ3n) is 3.36. The third-order valence-corrected chi connectivity index (χ3v) is 3.36. The largest absolute Gasteiger partial charge is 0.491 e. The second-order valence-electron chi connectivity index (χ2n) is 5.18. The van der Waals surface area contributed by atoms with Crippen LogP contribution in [0.25, 0.3) is 0 Å². The summed E-state index contributed by atoms with van der Waals surface area (Å²) in [6, 6.07) is 16.4. The zero-order chi connectivity index (χ0) is 16.7. The molecule has 23 heavy (non-hydrogen) atoms. The van der Waals surface area contributed by atoms with Gasteiger partial charge in [-0.05, 0) is 42.5 Å². The standard InChI is InChI=1S/C19H18N2O2/c1-3-15-5-4-6-17(11-15)21(2)13-18(22)14-23-19-9-7-16(12-20)8-10-19/h1,4-11,18,22H,13-14H2,2H3. The molecular weight excluding hydrogens is 288 g/mol. The fourth-order valence-corrected chi connectivity index (χ4v) is 2.13. The fourth-order valence-electron chi connectivity index (χ4n) is 2.13. The summed E-state index contributed by atoms with van der Waals surface area (Å²) in [5.41, 5.74) is 2.32. The van der Waals surface area contributed by atoms with Crippen LogP contribution < -0.4 is 9.64 Å². The van der Waals surface area contributed by atoms with Gasteiger partial charge < -0.3 is 14.7 Å². The molecule has 0 spiro atoms. The number of nitrogens with zero attached hydrogens (tertiary/aromatic N) is 2. The van der Waals surface area contributed by atoms with Crippen molar-refractivity contribution in [3.05, 3.63) is 59.7 Å². The van der Waals surface area contributed by atoms with E-state index < -0.39 is 6.10 Å². The van der Waals surface area contributed by atoms with Gasteiger partial charge in [-0.25, -0.2) is 0 Å². The van der Waals surface area contributed by atoms with E-state index in [0.717, 1.165) is 11.3 Å². The lowest BCUT2D eigenvalue weighted by molar-refractivity contribution is 0.113. The quantitative estimate of drug-likeness (QED) is 0.833.